The predicted molar refractivity (Wildman–Crippen MR) is 105 cm³/mol. The van der Waals surface area contributed by atoms with Crippen LogP contribution in [-0.2, 0) is 7.05 Å². The molecule has 0 aliphatic heterocycles. The summed E-state index contributed by atoms with van der Waals surface area (Å²) in [7, 11) is 4.62. The van der Waals surface area contributed by atoms with Crippen LogP contribution in [0.4, 0.5) is 0 Å². The van der Waals surface area contributed by atoms with Gasteiger partial charge in [0.1, 0.15) is 5.52 Å². The number of fused-ring (bicyclic) bond motifs is 2. The zero-order valence-corrected chi connectivity index (χ0v) is 15.9. The lowest BCUT2D eigenvalue weighted by Gasteiger charge is -2.25. The van der Waals surface area contributed by atoms with Crippen LogP contribution in [0.5, 0.6) is 23.0 Å². The molecule has 1 heterocycles. The van der Waals surface area contributed by atoms with Gasteiger partial charge in [-0.3, -0.25) is 4.79 Å². The second-order valence-electron chi connectivity index (χ2n) is 6.63. The number of ether oxygens (including phenoxy) is 3. The van der Waals surface area contributed by atoms with E-state index in [1.54, 1.807) is 37.6 Å². The molecule has 0 atom stereocenters. The Bertz CT molecular complexity index is 1150. The van der Waals surface area contributed by atoms with E-state index in [2.05, 4.69) is 5.92 Å². The molecular weight excluding hydrogens is 346 g/mol. The lowest BCUT2D eigenvalue weighted by atomic mass is 10.1. The quantitative estimate of drug-likeness (QED) is 0.566. The first-order valence-corrected chi connectivity index (χ1v) is 8.32. The van der Waals surface area contributed by atoms with Crippen molar-refractivity contribution in [1.82, 2.24) is 4.57 Å². The maximum Gasteiger partial charge on any atom is 0.211 e. The number of para-hydroxylation sites is 1. The molecule has 0 unspecified atom stereocenters. The minimum Gasteiger partial charge on any atom is -0.504 e. The average molecular weight is 367 g/mol. The van der Waals surface area contributed by atoms with E-state index in [9.17, 15) is 9.90 Å². The molecule has 3 aromatic rings. The number of nitrogens with zero attached hydrogens (tertiary/aromatic N) is 1. The molecule has 0 saturated carbocycles. The molecule has 27 heavy (non-hydrogen) atoms. The number of phenols is 1. The number of aromatic nitrogens is 1. The summed E-state index contributed by atoms with van der Waals surface area (Å²) < 4.78 is 18.6. The van der Waals surface area contributed by atoms with Gasteiger partial charge in [-0.15, -0.1) is 6.42 Å². The maximum atomic E-state index is 13.1. The van der Waals surface area contributed by atoms with Gasteiger partial charge in [-0.05, 0) is 26.0 Å². The molecule has 6 nitrogen and oxygen atoms in total. The number of terminal acetylenes is 1. The molecule has 6 heteroatoms. The summed E-state index contributed by atoms with van der Waals surface area (Å²) in [6, 6.07) is 7.14. The van der Waals surface area contributed by atoms with E-state index in [-0.39, 0.29) is 33.8 Å². The third kappa shape index (κ3) is 2.72. The molecule has 2 aromatic carbocycles. The van der Waals surface area contributed by atoms with Gasteiger partial charge >= 0.3 is 0 Å². The highest BCUT2D eigenvalue weighted by molar-refractivity contribution is 6.02. The van der Waals surface area contributed by atoms with Crippen LogP contribution in [0, 0.1) is 12.3 Å². The van der Waals surface area contributed by atoms with Crippen molar-refractivity contribution in [3.63, 3.8) is 0 Å². The lowest BCUT2D eigenvalue weighted by Crippen LogP contribution is -2.26. The zero-order valence-electron chi connectivity index (χ0n) is 15.9. The first-order valence-electron chi connectivity index (χ1n) is 8.32. The maximum absolute atomic E-state index is 13.1. The van der Waals surface area contributed by atoms with Gasteiger partial charge in [0.05, 0.1) is 25.1 Å². The monoisotopic (exact) mass is 367 g/mol. The van der Waals surface area contributed by atoms with E-state index < -0.39 is 5.60 Å². The van der Waals surface area contributed by atoms with Crippen molar-refractivity contribution in [2.75, 3.05) is 14.2 Å². The molecule has 0 aliphatic rings. The van der Waals surface area contributed by atoms with Crippen molar-refractivity contribution in [2.45, 2.75) is 19.4 Å². The Kier molecular flexibility index (Phi) is 4.40. The topological polar surface area (TPSA) is 69.9 Å². The smallest absolute Gasteiger partial charge is 0.211 e. The number of pyridine rings is 1. The van der Waals surface area contributed by atoms with Crippen molar-refractivity contribution < 1.29 is 19.3 Å². The molecule has 1 N–H and O–H groups in total. The molecule has 0 spiro atoms. The van der Waals surface area contributed by atoms with Crippen LogP contribution in [-0.4, -0.2) is 29.5 Å². The third-order valence-electron chi connectivity index (χ3n) is 4.50. The number of methoxy groups -OCH3 is 2. The molecule has 0 amide bonds. The van der Waals surface area contributed by atoms with Gasteiger partial charge in [0.25, 0.3) is 0 Å². The van der Waals surface area contributed by atoms with Gasteiger partial charge in [-0.25, -0.2) is 0 Å². The Labute approximate surface area is 156 Å². The molecule has 140 valence electrons. The van der Waals surface area contributed by atoms with E-state index in [1.807, 2.05) is 12.1 Å². The standard InChI is InChI=1S/C21H21NO5/c1-7-21(2,3)27-20-18(25-5)15-14(17(24)19(20)26-6)16(23)12-10-8-9-11-13(12)22(15)4/h1,8-11,24H,2-6H3. The second-order valence-corrected chi connectivity index (χ2v) is 6.63. The molecule has 0 fully saturated rings. The van der Waals surface area contributed by atoms with Crippen LogP contribution in [0.2, 0.25) is 0 Å². The Morgan fingerprint density at radius 1 is 1.11 bits per heavy atom. The van der Waals surface area contributed by atoms with Crippen molar-refractivity contribution in [3.05, 3.63) is 34.5 Å². The highest BCUT2D eigenvalue weighted by Crippen LogP contribution is 2.50. The molecular formula is C21H21NO5. The second kappa shape index (κ2) is 6.44. The minimum atomic E-state index is -0.990. The van der Waals surface area contributed by atoms with Crippen LogP contribution in [0.3, 0.4) is 0 Å². The van der Waals surface area contributed by atoms with Crippen molar-refractivity contribution in [2.24, 2.45) is 7.05 Å². The molecule has 1 aromatic heterocycles. The minimum absolute atomic E-state index is 0.00458. The van der Waals surface area contributed by atoms with E-state index in [4.69, 9.17) is 20.6 Å². The number of hydrogen-bond donors (Lipinski definition) is 1. The Hall–Kier alpha value is -3.33. The largest absolute Gasteiger partial charge is 0.504 e. The molecule has 3 rings (SSSR count). The van der Waals surface area contributed by atoms with Crippen molar-refractivity contribution in [3.8, 4) is 35.3 Å². The van der Waals surface area contributed by atoms with Crippen molar-refractivity contribution in [1.29, 1.82) is 0 Å². The number of hydrogen-bond acceptors (Lipinski definition) is 5. The zero-order chi connectivity index (χ0) is 19.9. The van der Waals surface area contributed by atoms with Crippen LogP contribution >= 0.6 is 0 Å². The van der Waals surface area contributed by atoms with E-state index in [0.717, 1.165) is 0 Å². The summed E-state index contributed by atoms with van der Waals surface area (Å²) >= 11 is 0. The molecule has 0 saturated heterocycles. The van der Waals surface area contributed by atoms with Crippen LogP contribution < -0.4 is 19.6 Å². The van der Waals surface area contributed by atoms with Crippen LogP contribution in [0.15, 0.2) is 29.1 Å². The Morgan fingerprint density at radius 3 is 2.33 bits per heavy atom. The van der Waals surface area contributed by atoms with Gasteiger partial charge in [-0.2, -0.15) is 0 Å². The van der Waals surface area contributed by atoms with E-state index in [1.165, 1.54) is 14.2 Å². The fraction of sp³-hybridized carbons (Fsp3) is 0.286. The summed E-state index contributed by atoms with van der Waals surface area (Å²) in [5.74, 6) is 2.61. The van der Waals surface area contributed by atoms with Gasteiger partial charge in [0.2, 0.25) is 16.9 Å². The van der Waals surface area contributed by atoms with Gasteiger partial charge < -0.3 is 23.9 Å². The van der Waals surface area contributed by atoms with Crippen LogP contribution in [0.25, 0.3) is 21.8 Å². The molecule has 0 bridgehead atoms. The highest BCUT2D eigenvalue weighted by Gasteiger charge is 2.30. The summed E-state index contributed by atoms with van der Waals surface area (Å²) in [5, 5.41) is 11.4. The van der Waals surface area contributed by atoms with Gasteiger partial charge in [0.15, 0.2) is 17.1 Å². The molecule has 0 radical (unpaired) electrons. The fourth-order valence-corrected chi connectivity index (χ4v) is 3.16. The van der Waals surface area contributed by atoms with Gasteiger partial charge in [-0.1, -0.05) is 18.1 Å². The Balaban J connectivity index is 2.59. The lowest BCUT2D eigenvalue weighted by molar-refractivity contribution is 0.157. The number of phenolic OH excluding ortho intramolecular Hbond substituents is 1. The van der Waals surface area contributed by atoms with E-state index >= 15 is 0 Å². The fourth-order valence-electron chi connectivity index (χ4n) is 3.16. The summed E-state index contributed by atoms with van der Waals surface area (Å²) in [6.07, 6.45) is 5.54. The number of aryl methyl sites for hydroxylation is 1. The Morgan fingerprint density at radius 2 is 1.74 bits per heavy atom. The SMILES string of the molecule is C#CC(C)(C)Oc1c(OC)c(O)c2c(=O)c3ccccc3n(C)c2c1OC. The number of benzene rings is 2. The summed E-state index contributed by atoms with van der Waals surface area (Å²) in [4.78, 5) is 13.1. The normalized spacial score (nSPS) is 11.4. The summed E-state index contributed by atoms with van der Waals surface area (Å²) in [6.45, 7) is 3.40. The highest BCUT2D eigenvalue weighted by atomic mass is 16.6. The van der Waals surface area contributed by atoms with Crippen molar-refractivity contribution >= 4 is 21.8 Å². The van der Waals surface area contributed by atoms with Gasteiger partial charge in [0, 0.05) is 12.4 Å². The number of rotatable bonds is 4. The predicted octanol–water partition coefficient (Wildman–Crippen LogP) is 3.21. The summed E-state index contributed by atoms with van der Waals surface area (Å²) in [5.41, 5.74) is -0.228. The first-order chi connectivity index (χ1) is 12.8. The molecule has 0 aliphatic carbocycles. The average Bonchev–Trinajstić information content (AvgIpc) is 2.66. The van der Waals surface area contributed by atoms with Crippen LogP contribution in [0.1, 0.15) is 13.8 Å². The first kappa shape index (κ1) is 18.5. The van der Waals surface area contributed by atoms with E-state index in [0.29, 0.717) is 16.4 Å². The number of aromatic hydroxyl groups is 1. The third-order valence-corrected chi connectivity index (χ3v) is 4.50.